The fourth-order valence-electron chi connectivity index (χ4n) is 4.00. The standard InChI is InChI=1S/C21H25N5O4/c1-12(27)19(29)16-5-3-4-15(24-16)17-10-22-20-21(25-17)26(18(28)11-23-20)13-6-8-14(30-2)9-7-13/h3-5,10,12-14,27H,6-9,11H2,1-2H3,(H,22,23). The quantitative estimate of drug-likeness (QED) is 0.716. The van der Waals surface area contributed by atoms with Gasteiger partial charge in [-0.25, -0.2) is 15.0 Å². The maximum atomic E-state index is 12.7. The molecule has 1 aliphatic carbocycles. The third kappa shape index (κ3) is 3.90. The number of carbonyl (C=O) groups excluding carboxylic acids is 2. The van der Waals surface area contributed by atoms with Crippen LogP contribution < -0.4 is 10.2 Å². The van der Waals surface area contributed by atoms with Crippen LogP contribution in [0.5, 0.6) is 0 Å². The predicted molar refractivity (Wildman–Crippen MR) is 110 cm³/mol. The molecule has 9 nitrogen and oxygen atoms in total. The summed E-state index contributed by atoms with van der Waals surface area (Å²) in [5, 5.41) is 12.6. The van der Waals surface area contributed by atoms with E-state index in [9.17, 15) is 14.7 Å². The minimum atomic E-state index is -1.14. The van der Waals surface area contributed by atoms with Crippen molar-refractivity contribution in [3.63, 3.8) is 0 Å². The van der Waals surface area contributed by atoms with Gasteiger partial charge >= 0.3 is 0 Å². The van der Waals surface area contributed by atoms with E-state index in [2.05, 4.69) is 20.3 Å². The van der Waals surface area contributed by atoms with Crippen LogP contribution in [0, 0.1) is 0 Å². The van der Waals surface area contributed by atoms with Crippen LogP contribution in [0.4, 0.5) is 11.6 Å². The molecular weight excluding hydrogens is 386 g/mol. The Bertz CT molecular complexity index is 956. The molecule has 0 spiro atoms. The number of carbonyl (C=O) groups is 2. The van der Waals surface area contributed by atoms with Gasteiger partial charge in [0.1, 0.15) is 17.5 Å². The lowest BCUT2D eigenvalue weighted by Gasteiger charge is -2.38. The van der Waals surface area contributed by atoms with E-state index < -0.39 is 11.9 Å². The molecule has 2 aromatic heterocycles. The summed E-state index contributed by atoms with van der Waals surface area (Å²) >= 11 is 0. The molecule has 2 aliphatic rings. The number of aliphatic hydroxyl groups is 1. The number of anilines is 2. The summed E-state index contributed by atoms with van der Waals surface area (Å²) in [6.45, 7) is 1.59. The van der Waals surface area contributed by atoms with Crippen molar-refractivity contribution < 1.29 is 19.4 Å². The molecule has 0 radical (unpaired) electrons. The highest BCUT2D eigenvalue weighted by Gasteiger charge is 2.35. The Balaban J connectivity index is 1.67. The smallest absolute Gasteiger partial charge is 0.247 e. The van der Waals surface area contributed by atoms with Crippen molar-refractivity contribution in [2.24, 2.45) is 0 Å². The summed E-state index contributed by atoms with van der Waals surface area (Å²) in [7, 11) is 1.72. The number of nitrogens with zero attached hydrogens (tertiary/aromatic N) is 4. The van der Waals surface area contributed by atoms with Gasteiger partial charge in [0.25, 0.3) is 0 Å². The molecule has 0 bridgehead atoms. The van der Waals surface area contributed by atoms with Crippen LogP contribution in [0.3, 0.4) is 0 Å². The summed E-state index contributed by atoms with van der Waals surface area (Å²) in [5.74, 6) is 0.541. The Morgan fingerprint density at radius 2 is 2.00 bits per heavy atom. The highest BCUT2D eigenvalue weighted by atomic mass is 16.5. The van der Waals surface area contributed by atoms with Crippen molar-refractivity contribution in [1.82, 2.24) is 15.0 Å². The topological polar surface area (TPSA) is 118 Å². The van der Waals surface area contributed by atoms with Crippen LogP contribution in [0.25, 0.3) is 11.4 Å². The van der Waals surface area contributed by atoms with Gasteiger partial charge in [0.2, 0.25) is 11.7 Å². The molecule has 1 amide bonds. The fourth-order valence-corrected chi connectivity index (χ4v) is 4.00. The first-order valence-electron chi connectivity index (χ1n) is 10.1. The van der Waals surface area contributed by atoms with Gasteiger partial charge < -0.3 is 15.2 Å². The van der Waals surface area contributed by atoms with Crippen molar-refractivity contribution in [2.75, 3.05) is 23.9 Å². The average Bonchev–Trinajstić information content (AvgIpc) is 2.78. The molecular formula is C21H25N5O4. The second-order valence-corrected chi connectivity index (χ2v) is 7.66. The van der Waals surface area contributed by atoms with Gasteiger partial charge in [-0.05, 0) is 44.7 Å². The average molecular weight is 411 g/mol. The lowest BCUT2D eigenvalue weighted by molar-refractivity contribution is -0.118. The molecule has 1 unspecified atom stereocenters. The molecule has 30 heavy (non-hydrogen) atoms. The molecule has 1 atom stereocenters. The van der Waals surface area contributed by atoms with Crippen LogP contribution in [0.15, 0.2) is 24.4 Å². The lowest BCUT2D eigenvalue weighted by atomic mass is 9.91. The molecule has 1 saturated carbocycles. The van der Waals surface area contributed by atoms with E-state index in [4.69, 9.17) is 4.74 Å². The second kappa shape index (κ2) is 8.45. The number of hydrogen-bond acceptors (Lipinski definition) is 8. The van der Waals surface area contributed by atoms with E-state index in [1.165, 1.54) is 6.92 Å². The summed E-state index contributed by atoms with van der Waals surface area (Å²) in [4.78, 5) is 40.1. The molecule has 158 valence electrons. The highest BCUT2D eigenvalue weighted by Crippen LogP contribution is 2.34. The number of aromatic nitrogens is 3. The van der Waals surface area contributed by atoms with E-state index >= 15 is 0 Å². The monoisotopic (exact) mass is 411 g/mol. The van der Waals surface area contributed by atoms with Gasteiger partial charge in [0.05, 0.1) is 24.5 Å². The van der Waals surface area contributed by atoms with Crippen molar-refractivity contribution in [2.45, 2.75) is 50.9 Å². The van der Waals surface area contributed by atoms with Gasteiger partial charge in [0, 0.05) is 13.2 Å². The zero-order valence-electron chi connectivity index (χ0n) is 17.0. The minimum absolute atomic E-state index is 0.0409. The summed E-state index contributed by atoms with van der Waals surface area (Å²) < 4.78 is 5.45. The Labute approximate surface area is 174 Å². The molecule has 1 fully saturated rings. The van der Waals surface area contributed by atoms with Crippen LogP contribution >= 0.6 is 0 Å². The molecule has 3 heterocycles. The first-order chi connectivity index (χ1) is 14.5. The number of ketones is 1. The largest absolute Gasteiger partial charge is 0.385 e. The van der Waals surface area contributed by atoms with Crippen LogP contribution in [0.2, 0.25) is 0 Å². The summed E-state index contributed by atoms with van der Waals surface area (Å²) in [6.07, 6.45) is 4.13. The number of Topliss-reactive ketones (excluding diaryl/α,β-unsaturated/α-hetero) is 1. The zero-order valence-corrected chi connectivity index (χ0v) is 17.0. The first kappa shape index (κ1) is 20.4. The number of amides is 1. The highest BCUT2D eigenvalue weighted by molar-refractivity contribution is 6.01. The number of nitrogens with one attached hydrogen (secondary N) is 1. The Hall–Kier alpha value is -2.91. The predicted octanol–water partition coefficient (Wildman–Crippen LogP) is 1.82. The maximum absolute atomic E-state index is 12.7. The second-order valence-electron chi connectivity index (χ2n) is 7.66. The molecule has 2 N–H and O–H groups in total. The van der Waals surface area contributed by atoms with Crippen molar-refractivity contribution in [1.29, 1.82) is 0 Å². The maximum Gasteiger partial charge on any atom is 0.247 e. The van der Waals surface area contributed by atoms with Gasteiger partial charge in [-0.2, -0.15) is 0 Å². The van der Waals surface area contributed by atoms with Gasteiger partial charge in [0.15, 0.2) is 11.6 Å². The Morgan fingerprint density at radius 3 is 2.70 bits per heavy atom. The normalized spacial score (nSPS) is 22.2. The van der Waals surface area contributed by atoms with E-state index in [0.717, 1.165) is 25.7 Å². The number of rotatable bonds is 5. The summed E-state index contributed by atoms with van der Waals surface area (Å²) in [5.41, 5.74) is 1.07. The third-order valence-electron chi connectivity index (χ3n) is 5.64. The molecule has 1 aliphatic heterocycles. The molecule has 9 heteroatoms. The van der Waals surface area contributed by atoms with Gasteiger partial charge in [-0.3, -0.25) is 14.5 Å². The Morgan fingerprint density at radius 1 is 1.23 bits per heavy atom. The molecule has 0 aromatic carbocycles. The number of pyridine rings is 1. The minimum Gasteiger partial charge on any atom is -0.385 e. The van der Waals surface area contributed by atoms with Gasteiger partial charge in [-0.15, -0.1) is 0 Å². The van der Waals surface area contributed by atoms with E-state index in [-0.39, 0.29) is 30.3 Å². The zero-order chi connectivity index (χ0) is 21.3. The molecule has 0 saturated heterocycles. The van der Waals surface area contributed by atoms with Crippen molar-refractivity contribution >= 4 is 23.3 Å². The van der Waals surface area contributed by atoms with Crippen molar-refractivity contribution in [3.8, 4) is 11.4 Å². The van der Waals surface area contributed by atoms with Crippen molar-refractivity contribution in [3.05, 3.63) is 30.1 Å². The van der Waals surface area contributed by atoms with Gasteiger partial charge in [-0.1, -0.05) is 6.07 Å². The van der Waals surface area contributed by atoms with Crippen LogP contribution in [-0.2, 0) is 9.53 Å². The van der Waals surface area contributed by atoms with E-state index in [1.807, 2.05) is 0 Å². The summed E-state index contributed by atoms with van der Waals surface area (Å²) in [6, 6.07) is 5.01. The Kier molecular flexibility index (Phi) is 5.74. The fraction of sp³-hybridized carbons (Fsp3) is 0.476. The third-order valence-corrected chi connectivity index (χ3v) is 5.64. The van der Waals surface area contributed by atoms with Crippen LogP contribution in [0.1, 0.15) is 43.1 Å². The molecule has 2 aromatic rings. The SMILES string of the molecule is COC1CCC(N2C(=O)CNc3ncc(-c4cccc(C(=O)C(C)O)n4)nc32)CC1. The van der Waals surface area contributed by atoms with Crippen LogP contribution in [-0.4, -0.2) is 63.7 Å². The lowest BCUT2D eigenvalue weighted by Crippen LogP contribution is -2.49. The number of methoxy groups -OCH3 is 1. The number of aliphatic hydroxyl groups excluding tert-OH is 1. The first-order valence-corrected chi connectivity index (χ1v) is 10.1. The number of fused-ring (bicyclic) bond motifs is 1. The van der Waals surface area contributed by atoms with E-state index in [1.54, 1.807) is 36.4 Å². The molecule has 4 rings (SSSR count). The van der Waals surface area contributed by atoms with E-state index in [0.29, 0.717) is 23.0 Å². The number of ether oxygens (including phenoxy) is 1. The number of hydrogen-bond donors (Lipinski definition) is 2.